The van der Waals surface area contributed by atoms with Gasteiger partial charge in [-0.2, -0.15) is 0 Å². The summed E-state index contributed by atoms with van der Waals surface area (Å²) in [6, 6.07) is 5.84. The number of ether oxygens (including phenoxy) is 3. The number of hydrogen-bond donors (Lipinski definition) is 2. The predicted octanol–water partition coefficient (Wildman–Crippen LogP) is 4.05. The van der Waals surface area contributed by atoms with Gasteiger partial charge in [0.15, 0.2) is 5.60 Å². The van der Waals surface area contributed by atoms with Gasteiger partial charge in [-0.15, -0.1) is 0 Å². The van der Waals surface area contributed by atoms with Crippen molar-refractivity contribution in [3.8, 4) is 5.75 Å². The van der Waals surface area contributed by atoms with Gasteiger partial charge in [-0.1, -0.05) is 32.1 Å². The molecule has 5 rings (SSSR count). The Bertz CT molecular complexity index is 1160. The van der Waals surface area contributed by atoms with Crippen molar-refractivity contribution in [2.45, 2.75) is 95.7 Å². The molecule has 0 aromatic heterocycles. The van der Waals surface area contributed by atoms with E-state index >= 15 is 0 Å². The standard InChI is InChI=1S/C34H52N4O6/c1-34(2)33(41)37(15-8-16-42-3)29-19-28(13-14-30(29)44-34)38(27-11-12-27)32(40)25-18-24(20-35-21-25)31(39)36-26(22-43-4)17-23-9-6-5-7-10-23/h13-14,19,23-27,35H,5-12,15-18,20-22H2,1-4H3,(H,36,39)/t24-,25+,26?/m0/s1. The predicted molar refractivity (Wildman–Crippen MR) is 170 cm³/mol. The highest BCUT2D eigenvalue weighted by molar-refractivity contribution is 6.04. The van der Waals surface area contributed by atoms with E-state index in [1.165, 1.54) is 32.1 Å². The van der Waals surface area contributed by atoms with Crippen LogP contribution in [0.3, 0.4) is 0 Å². The number of rotatable bonds is 13. The van der Waals surface area contributed by atoms with Crippen LogP contribution in [-0.4, -0.2) is 82.5 Å². The summed E-state index contributed by atoms with van der Waals surface area (Å²) in [5.74, 6) is 0.598. The lowest BCUT2D eigenvalue weighted by molar-refractivity contribution is -0.132. The molecule has 1 aromatic carbocycles. The molecular weight excluding hydrogens is 560 g/mol. The number of benzene rings is 1. The molecule has 1 aromatic rings. The van der Waals surface area contributed by atoms with Crippen LogP contribution in [0.25, 0.3) is 0 Å². The highest BCUT2D eigenvalue weighted by atomic mass is 16.5. The molecule has 0 bridgehead atoms. The SMILES string of the molecule is COCCCN1C(=O)C(C)(C)Oc2ccc(N(C(=O)[C@H]3CNC[C@@H](C(=O)NC(COC)CC4CCCCC4)C3)C3CC3)cc21. The Morgan fingerprint density at radius 3 is 2.55 bits per heavy atom. The zero-order chi connectivity index (χ0) is 31.3. The molecular formula is C34H52N4O6. The molecule has 44 heavy (non-hydrogen) atoms. The number of amides is 3. The maximum atomic E-state index is 14.2. The third-order valence-corrected chi connectivity index (χ3v) is 9.64. The van der Waals surface area contributed by atoms with Crippen LogP contribution in [0.2, 0.25) is 0 Å². The fraction of sp³-hybridized carbons (Fsp3) is 0.735. The summed E-state index contributed by atoms with van der Waals surface area (Å²) in [5.41, 5.74) is 0.473. The topological polar surface area (TPSA) is 109 Å². The number of hydrogen-bond acceptors (Lipinski definition) is 7. The number of carbonyl (C=O) groups is 3. The van der Waals surface area contributed by atoms with Gasteiger partial charge in [-0.05, 0) is 70.1 Å². The number of fused-ring (bicyclic) bond motifs is 1. The molecule has 0 radical (unpaired) electrons. The molecule has 2 aliphatic heterocycles. The smallest absolute Gasteiger partial charge is 0.270 e. The van der Waals surface area contributed by atoms with E-state index in [1.54, 1.807) is 33.0 Å². The number of methoxy groups -OCH3 is 2. The van der Waals surface area contributed by atoms with Gasteiger partial charge in [0, 0.05) is 52.2 Å². The summed E-state index contributed by atoms with van der Waals surface area (Å²) in [4.78, 5) is 44.7. The Kier molecular flexibility index (Phi) is 10.9. The number of nitrogens with zero attached hydrogens (tertiary/aromatic N) is 2. The molecule has 0 spiro atoms. The van der Waals surface area contributed by atoms with Crippen molar-refractivity contribution >= 4 is 29.1 Å². The fourth-order valence-electron chi connectivity index (χ4n) is 7.19. The molecule has 2 saturated carbocycles. The molecule has 10 nitrogen and oxygen atoms in total. The molecule has 10 heteroatoms. The van der Waals surface area contributed by atoms with Crippen molar-refractivity contribution in [3.63, 3.8) is 0 Å². The molecule has 244 valence electrons. The third-order valence-electron chi connectivity index (χ3n) is 9.64. The van der Waals surface area contributed by atoms with Crippen LogP contribution in [-0.2, 0) is 23.9 Å². The van der Waals surface area contributed by atoms with Crippen molar-refractivity contribution < 1.29 is 28.6 Å². The van der Waals surface area contributed by atoms with Crippen molar-refractivity contribution in [2.24, 2.45) is 17.8 Å². The van der Waals surface area contributed by atoms with Gasteiger partial charge in [0.1, 0.15) is 5.75 Å². The Morgan fingerprint density at radius 1 is 1.09 bits per heavy atom. The largest absolute Gasteiger partial charge is 0.476 e. The molecule has 2 aliphatic carbocycles. The van der Waals surface area contributed by atoms with Gasteiger partial charge in [-0.3, -0.25) is 14.4 Å². The summed E-state index contributed by atoms with van der Waals surface area (Å²) in [6.07, 6.45) is 10.3. The highest BCUT2D eigenvalue weighted by Crippen LogP contribution is 2.43. The van der Waals surface area contributed by atoms with E-state index in [2.05, 4.69) is 10.6 Å². The second-order valence-electron chi connectivity index (χ2n) is 13.7. The van der Waals surface area contributed by atoms with E-state index in [0.29, 0.717) is 63.0 Å². The van der Waals surface area contributed by atoms with Crippen molar-refractivity contribution in [1.29, 1.82) is 0 Å². The van der Waals surface area contributed by atoms with Gasteiger partial charge in [0.2, 0.25) is 11.8 Å². The Hall–Kier alpha value is -2.69. The Morgan fingerprint density at radius 2 is 1.84 bits per heavy atom. The minimum absolute atomic E-state index is 0.00425. The molecule has 1 saturated heterocycles. The minimum Gasteiger partial charge on any atom is -0.476 e. The molecule has 3 atom stereocenters. The number of carbonyl (C=O) groups excluding carboxylic acids is 3. The quantitative estimate of drug-likeness (QED) is 0.324. The Labute approximate surface area is 262 Å². The second kappa shape index (κ2) is 14.6. The van der Waals surface area contributed by atoms with Gasteiger partial charge in [0.25, 0.3) is 5.91 Å². The first-order chi connectivity index (χ1) is 21.2. The van der Waals surface area contributed by atoms with E-state index in [-0.39, 0.29) is 41.6 Å². The van der Waals surface area contributed by atoms with Crippen LogP contribution in [0.5, 0.6) is 5.75 Å². The summed E-state index contributed by atoms with van der Waals surface area (Å²) >= 11 is 0. The van der Waals surface area contributed by atoms with Crippen molar-refractivity contribution in [2.75, 3.05) is 56.9 Å². The number of piperidine rings is 1. The van der Waals surface area contributed by atoms with Gasteiger partial charge in [0.05, 0.1) is 30.2 Å². The zero-order valence-corrected chi connectivity index (χ0v) is 27.1. The van der Waals surface area contributed by atoms with Crippen LogP contribution in [0.1, 0.15) is 78.1 Å². The lowest BCUT2D eigenvalue weighted by Gasteiger charge is -2.40. The first kappa shape index (κ1) is 32.7. The molecule has 3 fully saturated rings. The van der Waals surface area contributed by atoms with E-state index in [9.17, 15) is 14.4 Å². The van der Waals surface area contributed by atoms with E-state index in [4.69, 9.17) is 14.2 Å². The summed E-state index contributed by atoms with van der Waals surface area (Å²) in [7, 11) is 3.34. The normalized spacial score (nSPS) is 24.3. The second-order valence-corrected chi connectivity index (χ2v) is 13.7. The van der Waals surface area contributed by atoms with Crippen molar-refractivity contribution in [1.82, 2.24) is 10.6 Å². The van der Waals surface area contributed by atoms with Crippen LogP contribution >= 0.6 is 0 Å². The fourth-order valence-corrected chi connectivity index (χ4v) is 7.19. The average molecular weight is 613 g/mol. The maximum absolute atomic E-state index is 14.2. The van der Waals surface area contributed by atoms with Crippen LogP contribution in [0.15, 0.2) is 18.2 Å². The molecule has 2 N–H and O–H groups in total. The molecule has 1 unspecified atom stereocenters. The van der Waals surface area contributed by atoms with E-state index in [0.717, 1.165) is 24.9 Å². The zero-order valence-electron chi connectivity index (χ0n) is 27.1. The summed E-state index contributed by atoms with van der Waals surface area (Å²) in [6.45, 7) is 6.22. The monoisotopic (exact) mass is 612 g/mol. The van der Waals surface area contributed by atoms with E-state index in [1.807, 2.05) is 23.1 Å². The molecule has 2 heterocycles. The first-order valence-corrected chi connectivity index (χ1v) is 16.7. The van der Waals surface area contributed by atoms with Gasteiger partial charge >= 0.3 is 0 Å². The average Bonchev–Trinajstić information content (AvgIpc) is 3.85. The Balaban J connectivity index is 1.29. The lowest BCUT2D eigenvalue weighted by Crippen LogP contribution is -2.53. The molecule has 4 aliphatic rings. The molecule has 3 amide bonds. The lowest BCUT2D eigenvalue weighted by atomic mass is 9.84. The first-order valence-electron chi connectivity index (χ1n) is 16.7. The number of anilines is 2. The number of nitrogens with one attached hydrogen (secondary N) is 2. The van der Waals surface area contributed by atoms with Crippen LogP contribution < -0.4 is 25.2 Å². The maximum Gasteiger partial charge on any atom is 0.270 e. The van der Waals surface area contributed by atoms with Crippen LogP contribution in [0, 0.1) is 17.8 Å². The highest BCUT2D eigenvalue weighted by Gasteiger charge is 2.43. The van der Waals surface area contributed by atoms with Gasteiger partial charge in [-0.25, -0.2) is 0 Å². The van der Waals surface area contributed by atoms with E-state index < -0.39 is 5.60 Å². The summed E-state index contributed by atoms with van der Waals surface area (Å²) < 4.78 is 16.8. The van der Waals surface area contributed by atoms with Gasteiger partial charge < -0.3 is 34.6 Å². The summed E-state index contributed by atoms with van der Waals surface area (Å²) in [5, 5.41) is 6.65. The third kappa shape index (κ3) is 7.74. The minimum atomic E-state index is -0.977. The van der Waals surface area contributed by atoms with Crippen LogP contribution in [0.4, 0.5) is 11.4 Å². The van der Waals surface area contributed by atoms with Crippen molar-refractivity contribution in [3.05, 3.63) is 18.2 Å².